The third-order valence-electron chi connectivity index (χ3n) is 3.74. The molecule has 0 spiro atoms. The van der Waals surface area contributed by atoms with Crippen LogP contribution in [0.5, 0.6) is 11.5 Å². The van der Waals surface area contributed by atoms with Crippen LogP contribution in [0.1, 0.15) is 15.9 Å². The average molecular weight is 488 g/mol. The zero-order valence-electron chi connectivity index (χ0n) is 15.5. The zero-order valence-corrected chi connectivity index (χ0v) is 17.9. The van der Waals surface area contributed by atoms with E-state index in [4.69, 9.17) is 21.1 Å². The molecule has 0 saturated carbocycles. The van der Waals surface area contributed by atoms with Crippen LogP contribution in [0.3, 0.4) is 0 Å². The van der Waals surface area contributed by atoms with Crippen molar-refractivity contribution in [3.8, 4) is 11.5 Å². The summed E-state index contributed by atoms with van der Waals surface area (Å²) in [6.45, 7) is -0.169. The number of hydrogen-bond donors (Lipinski definition) is 1. The number of rotatable bonds is 7. The molecule has 3 aromatic carbocycles. The summed E-state index contributed by atoms with van der Waals surface area (Å²) >= 11 is 9.15. The Kier molecular flexibility index (Phi) is 7.59. The van der Waals surface area contributed by atoms with Gasteiger partial charge in [0, 0.05) is 9.50 Å². The molecule has 0 aromatic heterocycles. The second-order valence-electron chi connectivity index (χ2n) is 6.00. The molecule has 0 atom stereocenters. The Labute approximate surface area is 186 Å². The van der Waals surface area contributed by atoms with Crippen LogP contribution < -0.4 is 14.9 Å². The molecule has 0 fully saturated rings. The van der Waals surface area contributed by atoms with Gasteiger partial charge in [0.05, 0.1) is 11.8 Å². The van der Waals surface area contributed by atoms with Crippen LogP contribution in [-0.4, -0.2) is 24.7 Å². The normalized spacial score (nSPS) is 10.6. The zero-order chi connectivity index (χ0) is 21.3. The van der Waals surface area contributed by atoms with Gasteiger partial charge in [-0.2, -0.15) is 5.10 Å². The van der Waals surface area contributed by atoms with Crippen LogP contribution >= 0.6 is 27.5 Å². The summed E-state index contributed by atoms with van der Waals surface area (Å²) < 4.78 is 11.6. The van der Waals surface area contributed by atoms with Gasteiger partial charge < -0.3 is 9.47 Å². The summed E-state index contributed by atoms with van der Waals surface area (Å²) in [6, 6.07) is 20.3. The van der Waals surface area contributed by atoms with Gasteiger partial charge in [-0.3, -0.25) is 4.79 Å². The molecular weight excluding hydrogens is 472 g/mol. The van der Waals surface area contributed by atoms with Crippen LogP contribution in [0.2, 0.25) is 5.02 Å². The maximum absolute atomic E-state index is 12.2. The van der Waals surface area contributed by atoms with Crippen molar-refractivity contribution in [1.29, 1.82) is 0 Å². The molecule has 30 heavy (non-hydrogen) atoms. The second kappa shape index (κ2) is 10.6. The summed E-state index contributed by atoms with van der Waals surface area (Å²) in [5, 5.41) is 4.43. The van der Waals surface area contributed by atoms with Gasteiger partial charge in [0.25, 0.3) is 5.91 Å². The van der Waals surface area contributed by atoms with E-state index < -0.39 is 11.9 Å². The minimum Gasteiger partial charge on any atom is -0.484 e. The fourth-order valence-corrected chi connectivity index (χ4v) is 2.69. The molecule has 3 aromatic rings. The summed E-state index contributed by atoms with van der Waals surface area (Å²) in [5.74, 6) is 0.0231. The van der Waals surface area contributed by atoms with Crippen LogP contribution in [0.15, 0.2) is 82.4 Å². The van der Waals surface area contributed by atoms with Gasteiger partial charge in [0.2, 0.25) is 0 Å². The van der Waals surface area contributed by atoms with Crippen molar-refractivity contribution in [2.75, 3.05) is 6.61 Å². The van der Waals surface area contributed by atoms with E-state index in [1.54, 1.807) is 60.7 Å². The predicted molar refractivity (Wildman–Crippen MR) is 118 cm³/mol. The lowest BCUT2D eigenvalue weighted by Crippen LogP contribution is -2.24. The lowest BCUT2D eigenvalue weighted by Gasteiger charge is -2.06. The van der Waals surface area contributed by atoms with Crippen LogP contribution in [0.25, 0.3) is 0 Å². The van der Waals surface area contributed by atoms with E-state index >= 15 is 0 Å². The van der Waals surface area contributed by atoms with Crippen molar-refractivity contribution < 1.29 is 19.1 Å². The Morgan fingerprint density at radius 3 is 2.47 bits per heavy atom. The van der Waals surface area contributed by atoms with Gasteiger partial charge in [-0.15, -0.1) is 0 Å². The molecule has 0 heterocycles. The van der Waals surface area contributed by atoms with E-state index in [1.165, 1.54) is 6.21 Å². The van der Waals surface area contributed by atoms with Crippen molar-refractivity contribution in [2.24, 2.45) is 5.10 Å². The van der Waals surface area contributed by atoms with Crippen molar-refractivity contribution in [1.82, 2.24) is 5.43 Å². The first kappa shape index (κ1) is 21.5. The number of hydrogen-bond acceptors (Lipinski definition) is 5. The number of esters is 1. The molecule has 1 amide bonds. The molecule has 6 nitrogen and oxygen atoms in total. The Bertz CT molecular complexity index is 1050. The van der Waals surface area contributed by atoms with Gasteiger partial charge >= 0.3 is 5.97 Å². The molecule has 0 unspecified atom stereocenters. The third kappa shape index (κ3) is 6.72. The lowest BCUT2D eigenvalue weighted by atomic mass is 10.2. The van der Waals surface area contributed by atoms with Crippen molar-refractivity contribution in [3.63, 3.8) is 0 Å². The van der Waals surface area contributed by atoms with Crippen LogP contribution in [-0.2, 0) is 4.79 Å². The molecule has 152 valence electrons. The quantitative estimate of drug-likeness (QED) is 0.224. The second-order valence-corrected chi connectivity index (χ2v) is 7.36. The molecule has 0 aliphatic carbocycles. The Hall–Kier alpha value is -3.16. The number of halogens is 2. The molecule has 0 aliphatic rings. The highest BCUT2D eigenvalue weighted by Crippen LogP contribution is 2.17. The van der Waals surface area contributed by atoms with E-state index in [0.29, 0.717) is 27.6 Å². The first-order valence-corrected chi connectivity index (χ1v) is 9.95. The van der Waals surface area contributed by atoms with E-state index in [9.17, 15) is 9.59 Å². The summed E-state index contributed by atoms with van der Waals surface area (Å²) in [5.41, 5.74) is 3.41. The minimum atomic E-state index is -0.501. The minimum absolute atomic E-state index is 0.169. The SMILES string of the molecule is O=C(COc1ccc(Br)cc1)N/N=C\c1cccc(OC(=O)c2ccc(Cl)cc2)c1. The maximum Gasteiger partial charge on any atom is 0.343 e. The smallest absolute Gasteiger partial charge is 0.343 e. The van der Waals surface area contributed by atoms with E-state index in [1.807, 2.05) is 12.1 Å². The topological polar surface area (TPSA) is 77.0 Å². The fraction of sp³-hybridized carbons (Fsp3) is 0.0455. The number of nitrogens with zero attached hydrogens (tertiary/aromatic N) is 1. The fourth-order valence-electron chi connectivity index (χ4n) is 2.30. The van der Waals surface area contributed by atoms with Crippen molar-refractivity contribution >= 4 is 45.6 Å². The van der Waals surface area contributed by atoms with Crippen LogP contribution in [0, 0.1) is 0 Å². The number of amides is 1. The van der Waals surface area contributed by atoms with E-state index in [0.717, 1.165) is 4.47 Å². The Morgan fingerprint density at radius 1 is 1.00 bits per heavy atom. The molecule has 3 rings (SSSR count). The van der Waals surface area contributed by atoms with Crippen LogP contribution in [0.4, 0.5) is 0 Å². The highest BCUT2D eigenvalue weighted by atomic mass is 79.9. The number of ether oxygens (including phenoxy) is 2. The monoisotopic (exact) mass is 486 g/mol. The number of nitrogens with one attached hydrogen (secondary N) is 1. The van der Waals surface area contributed by atoms with Gasteiger partial charge in [0.15, 0.2) is 6.61 Å². The molecule has 1 N–H and O–H groups in total. The van der Waals surface area contributed by atoms with E-state index in [2.05, 4.69) is 26.5 Å². The maximum atomic E-state index is 12.2. The first-order valence-electron chi connectivity index (χ1n) is 8.78. The number of benzene rings is 3. The van der Waals surface area contributed by atoms with Crippen molar-refractivity contribution in [2.45, 2.75) is 0 Å². The summed E-state index contributed by atoms with van der Waals surface area (Å²) in [6.07, 6.45) is 1.44. The number of carbonyl (C=O) groups excluding carboxylic acids is 2. The Balaban J connectivity index is 1.50. The standard InChI is InChI=1S/C22H16BrClN2O4/c23-17-6-10-19(11-7-17)29-14-21(27)26-25-13-15-2-1-3-20(12-15)30-22(28)16-4-8-18(24)9-5-16/h1-13H,14H2,(H,26,27)/b25-13-. The predicted octanol–water partition coefficient (Wildman–Crippen LogP) is 4.85. The number of carbonyl (C=O) groups is 2. The third-order valence-corrected chi connectivity index (χ3v) is 4.52. The Morgan fingerprint density at radius 2 is 1.73 bits per heavy atom. The molecule has 0 aliphatic heterocycles. The number of hydrazone groups is 1. The molecular formula is C22H16BrClN2O4. The highest BCUT2D eigenvalue weighted by molar-refractivity contribution is 9.10. The van der Waals surface area contributed by atoms with Gasteiger partial charge in [-0.25, -0.2) is 10.2 Å². The highest BCUT2D eigenvalue weighted by Gasteiger charge is 2.08. The summed E-state index contributed by atoms with van der Waals surface area (Å²) in [4.78, 5) is 24.0. The lowest BCUT2D eigenvalue weighted by molar-refractivity contribution is -0.123. The van der Waals surface area contributed by atoms with Gasteiger partial charge in [0.1, 0.15) is 11.5 Å². The molecule has 8 heteroatoms. The molecule has 0 saturated heterocycles. The average Bonchev–Trinajstić information content (AvgIpc) is 2.74. The van der Waals surface area contributed by atoms with E-state index in [-0.39, 0.29) is 6.61 Å². The summed E-state index contributed by atoms with van der Waals surface area (Å²) in [7, 11) is 0. The molecule has 0 bridgehead atoms. The largest absolute Gasteiger partial charge is 0.484 e. The van der Waals surface area contributed by atoms with Gasteiger partial charge in [-0.1, -0.05) is 39.7 Å². The molecule has 0 radical (unpaired) electrons. The van der Waals surface area contributed by atoms with Crippen molar-refractivity contribution in [3.05, 3.63) is 93.4 Å². The van der Waals surface area contributed by atoms with Gasteiger partial charge in [-0.05, 0) is 66.2 Å². The first-order chi connectivity index (χ1) is 14.5.